The molecule has 0 aromatic heterocycles. The van der Waals surface area contributed by atoms with Crippen molar-refractivity contribution in [2.75, 3.05) is 0 Å². The molecule has 1 aliphatic rings. The first kappa shape index (κ1) is 11.3. The van der Waals surface area contributed by atoms with Crippen LogP contribution in [0.2, 0.25) is 0 Å². The van der Waals surface area contributed by atoms with E-state index in [0.717, 1.165) is 5.76 Å². The molecule has 1 aromatic carbocycles. The van der Waals surface area contributed by atoms with Gasteiger partial charge >= 0.3 is 0 Å². The van der Waals surface area contributed by atoms with Crippen LogP contribution in [0.1, 0.15) is 40.2 Å². The summed E-state index contributed by atoms with van der Waals surface area (Å²) in [4.78, 5) is 0. The normalized spacial score (nSPS) is 22.1. The maximum atomic E-state index is 6.14. The molecular formula is C15H20O. The number of ether oxygens (including phenoxy) is 1. The predicted octanol–water partition coefficient (Wildman–Crippen LogP) is 4.25. The molecule has 1 nitrogen and oxygen atoms in total. The molecular weight excluding hydrogens is 196 g/mol. The maximum absolute atomic E-state index is 6.14. The van der Waals surface area contributed by atoms with E-state index in [1.54, 1.807) is 0 Å². The Kier molecular flexibility index (Phi) is 2.37. The molecule has 86 valence electrons. The van der Waals surface area contributed by atoms with E-state index in [0.29, 0.717) is 0 Å². The lowest BCUT2D eigenvalue weighted by Crippen LogP contribution is -2.36. The minimum atomic E-state index is -0.137. The molecule has 0 fully saturated rings. The van der Waals surface area contributed by atoms with Crippen molar-refractivity contribution in [3.05, 3.63) is 41.5 Å². The summed E-state index contributed by atoms with van der Waals surface area (Å²) in [7, 11) is 0. The molecule has 0 radical (unpaired) electrons. The first-order chi connectivity index (χ1) is 7.36. The van der Waals surface area contributed by atoms with Crippen molar-refractivity contribution in [2.45, 2.75) is 40.2 Å². The van der Waals surface area contributed by atoms with E-state index < -0.39 is 0 Å². The van der Waals surface area contributed by atoms with Crippen molar-refractivity contribution in [2.24, 2.45) is 5.41 Å². The highest BCUT2D eigenvalue weighted by Gasteiger charge is 2.47. The first-order valence-electron chi connectivity index (χ1n) is 5.82. The average Bonchev–Trinajstić information content (AvgIpc) is 2.40. The lowest BCUT2D eigenvalue weighted by molar-refractivity contribution is 0.0162. The fourth-order valence-corrected chi connectivity index (χ4v) is 2.06. The Morgan fingerprint density at radius 2 is 1.50 bits per heavy atom. The minimum absolute atomic E-state index is 0.0815. The Morgan fingerprint density at radius 3 is 1.94 bits per heavy atom. The van der Waals surface area contributed by atoms with Crippen LogP contribution < -0.4 is 0 Å². The van der Waals surface area contributed by atoms with Crippen molar-refractivity contribution in [1.82, 2.24) is 0 Å². The molecule has 1 heterocycles. The zero-order valence-corrected chi connectivity index (χ0v) is 10.8. The largest absolute Gasteiger partial charge is 0.486 e. The summed E-state index contributed by atoms with van der Waals surface area (Å²) in [5.74, 6) is 1.05. The molecule has 0 spiro atoms. The molecule has 0 atom stereocenters. The molecule has 0 bridgehead atoms. The third-order valence-corrected chi connectivity index (χ3v) is 4.18. The quantitative estimate of drug-likeness (QED) is 0.681. The Labute approximate surface area is 98.1 Å². The second kappa shape index (κ2) is 3.38. The van der Waals surface area contributed by atoms with Gasteiger partial charge in [-0.15, -0.1) is 0 Å². The van der Waals surface area contributed by atoms with Gasteiger partial charge in [0, 0.05) is 11.0 Å². The molecule has 0 aliphatic carbocycles. The summed E-state index contributed by atoms with van der Waals surface area (Å²) in [6.07, 6.45) is 0. The van der Waals surface area contributed by atoms with Crippen LogP contribution in [-0.2, 0) is 4.74 Å². The van der Waals surface area contributed by atoms with Crippen LogP contribution in [0.5, 0.6) is 0 Å². The molecule has 0 amide bonds. The Morgan fingerprint density at radius 1 is 0.938 bits per heavy atom. The van der Waals surface area contributed by atoms with Crippen LogP contribution in [-0.4, -0.2) is 5.60 Å². The molecule has 1 heteroatoms. The molecule has 1 aromatic rings. The second-order valence-corrected chi connectivity index (χ2v) is 5.56. The van der Waals surface area contributed by atoms with Crippen molar-refractivity contribution in [3.8, 4) is 0 Å². The highest BCUT2D eigenvalue weighted by molar-refractivity contribution is 5.67. The summed E-state index contributed by atoms with van der Waals surface area (Å²) in [5, 5.41) is 0. The highest BCUT2D eigenvalue weighted by atomic mass is 16.5. The van der Waals surface area contributed by atoms with E-state index in [9.17, 15) is 0 Å². The summed E-state index contributed by atoms with van der Waals surface area (Å²) < 4.78 is 6.14. The van der Waals surface area contributed by atoms with E-state index in [1.807, 2.05) is 6.07 Å². The van der Waals surface area contributed by atoms with Gasteiger partial charge in [0.1, 0.15) is 11.4 Å². The average molecular weight is 216 g/mol. The Bertz CT molecular complexity index is 424. The van der Waals surface area contributed by atoms with Crippen molar-refractivity contribution in [1.29, 1.82) is 0 Å². The van der Waals surface area contributed by atoms with E-state index in [-0.39, 0.29) is 11.0 Å². The van der Waals surface area contributed by atoms with Crippen molar-refractivity contribution >= 4 is 5.76 Å². The summed E-state index contributed by atoms with van der Waals surface area (Å²) >= 11 is 0. The maximum Gasteiger partial charge on any atom is 0.126 e. The van der Waals surface area contributed by atoms with Gasteiger partial charge in [-0.2, -0.15) is 0 Å². The van der Waals surface area contributed by atoms with Gasteiger partial charge in [0.05, 0.1) is 0 Å². The Balaban J connectivity index is 2.50. The third kappa shape index (κ3) is 1.46. The molecule has 1 aliphatic heterocycles. The number of benzene rings is 1. The lowest BCUT2D eigenvalue weighted by atomic mass is 9.73. The molecule has 0 unspecified atom stereocenters. The monoisotopic (exact) mass is 216 g/mol. The number of hydrogen-bond donors (Lipinski definition) is 0. The lowest BCUT2D eigenvalue weighted by Gasteiger charge is -2.34. The van der Waals surface area contributed by atoms with Crippen LogP contribution >= 0.6 is 0 Å². The van der Waals surface area contributed by atoms with Gasteiger partial charge in [-0.3, -0.25) is 0 Å². The molecule has 0 N–H and O–H groups in total. The van der Waals surface area contributed by atoms with Crippen molar-refractivity contribution in [3.63, 3.8) is 0 Å². The second-order valence-electron chi connectivity index (χ2n) is 5.56. The van der Waals surface area contributed by atoms with E-state index in [2.05, 4.69) is 58.9 Å². The van der Waals surface area contributed by atoms with Gasteiger partial charge in [-0.25, -0.2) is 0 Å². The first-order valence-corrected chi connectivity index (χ1v) is 5.82. The fourth-order valence-electron chi connectivity index (χ4n) is 2.06. The van der Waals surface area contributed by atoms with Crippen molar-refractivity contribution < 1.29 is 4.74 Å². The predicted molar refractivity (Wildman–Crippen MR) is 68.0 cm³/mol. The Hall–Kier alpha value is -1.24. The van der Waals surface area contributed by atoms with Crippen LogP contribution in [0.4, 0.5) is 0 Å². The van der Waals surface area contributed by atoms with Gasteiger partial charge < -0.3 is 4.74 Å². The fraction of sp³-hybridized carbons (Fsp3) is 0.467. The van der Waals surface area contributed by atoms with Crippen LogP contribution in [0, 0.1) is 5.41 Å². The van der Waals surface area contributed by atoms with E-state index in [4.69, 9.17) is 4.74 Å². The van der Waals surface area contributed by atoms with Gasteiger partial charge in [0.25, 0.3) is 0 Å². The SMILES string of the molecule is CC1=C(c2ccccc2)OC(C)(C)C1(C)C. The zero-order valence-electron chi connectivity index (χ0n) is 10.8. The van der Waals surface area contributed by atoms with E-state index >= 15 is 0 Å². The van der Waals surface area contributed by atoms with Gasteiger partial charge in [-0.1, -0.05) is 44.2 Å². The number of rotatable bonds is 1. The van der Waals surface area contributed by atoms with Gasteiger partial charge in [-0.05, 0) is 26.3 Å². The van der Waals surface area contributed by atoms with Crippen LogP contribution in [0.3, 0.4) is 0 Å². The topological polar surface area (TPSA) is 9.23 Å². The molecule has 0 saturated carbocycles. The molecule has 16 heavy (non-hydrogen) atoms. The van der Waals surface area contributed by atoms with E-state index in [1.165, 1.54) is 11.1 Å². The summed E-state index contributed by atoms with van der Waals surface area (Å²) in [6.45, 7) is 11.0. The van der Waals surface area contributed by atoms with Gasteiger partial charge in [0.2, 0.25) is 0 Å². The summed E-state index contributed by atoms with van der Waals surface area (Å²) in [6, 6.07) is 10.4. The highest BCUT2D eigenvalue weighted by Crippen LogP contribution is 2.51. The van der Waals surface area contributed by atoms with Crippen LogP contribution in [0.25, 0.3) is 5.76 Å². The molecule has 0 saturated heterocycles. The summed E-state index contributed by atoms with van der Waals surface area (Å²) in [5.41, 5.74) is 2.46. The minimum Gasteiger partial charge on any atom is -0.486 e. The zero-order chi connectivity index (χ0) is 12.0. The van der Waals surface area contributed by atoms with Gasteiger partial charge in [0.15, 0.2) is 0 Å². The molecule has 2 rings (SSSR count). The van der Waals surface area contributed by atoms with Crippen LogP contribution in [0.15, 0.2) is 35.9 Å². The smallest absolute Gasteiger partial charge is 0.126 e. The third-order valence-electron chi connectivity index (χ3n) is 4.18. The standard InChI is InChI=1S/C15H20O/c1-11-13(12-9-7-6-8-10-12)16-15(4,5)14(11,2)3/h6-10H,1-5H3. The number of hydrogen-bond acceptors (Lipinski definition) is 1.